The van der Waals surface area contributed by atoms with Crippen LogP contribution in [0.15, 0.2) is 78.9 Å². The molecule has 2 fully saturated rings. The lowest BCUT2D eigenvalue weighted by molar-refractivity contribution is -0.169. The van der Waals surface area contributed by atoms with Gasteiger partial charge in [0.05, 0.1) is 22.1 Å². The van der Waals surface area contributed by atoms with Gasteiger partial charge in [-0.2, -0.15) is 0 Å². The Bertz CT molecular complexity index is 1360. The predicted octanol–water partition coefficient (Wildman–Crippen LogP) is 6.11. The number of hydrogen-bond donors (Lipinski definition) is 0. The van der Waals surface area contributed by atoms with Crippen molar-refractivity contribution < 1.29 is 14.3 Å². The molecule has 2 aliphatic rings. The van der Waals surface area contributed by atoms with Crippen molar-refractivity contribution in [3.05, 3.63) is 106 Å². The van der Waals surface area contributed by atoms with Crippen LogP contribution in [0.5, 0.6) is 0 Å². The van der Waals surface area contributed by atoms with E-state index in [0.29, 0.717) is 29.6 Å². The molecule has 2 aliphatic heterocycles. The summed E-state index contributed by atoms with van der Waals surface area (Å²) >= 11 is 12.7. The molecular weight excluding hydrogens is 557 g/mol. The van der Waals surface area contributed by atoms with Crippen LogP contribution in [0.25, 0.3) is 0 Å². The minimum absolute atomic E-state index is 0.00754. The lowest BCUT2D eigenvalue weighted by atomic mass is 9.79. The topological polar surface area (TPSA) is 53.1 Å². The summed E-state index contributed by atoms with van der Waals surface area (Å²) in [5, 5.41) is 0.956. The second-order valence-electron chi connectivity index (χ2n) is 11.2. The maximum Gasteiger partial charge on any atom is 0.249 e. The average Bonchev–Trinajstić information content (AvgIpc) is 3.00. The minimum Gasteiger partial charge on any atom is -0.359 e. The highest BCUT2D eigenvalue weighted by atomic mass is 35.5. The number of amides is 2. The average molecular weight is 595 g/mol. The number of hydrogen-bond acceptors (Lipinski definition) is 4. The van der Waals surface area contributed by atoms with Crippen molar-refractivity contribution in [1.82, 2.24) is 14.7 Å². The molecule has 0 bridgehead atoms. The summed E-state index contributed by atoms with van der Waals surface area (Å²) in [6.45, 7) is 5.06. The highest BCUT2D eigenvalue weighted by Gasteiger charge is 2.44. The van der Waals surface area contributed by atoms with E-state index in [9.17, 15) is 9.59 Å². The lowest BCUT2D eigenvalue weighted by Crippen LogP contribution is -2.55. The molecular formula is C33H37Cl2N3O3. The fourth-order valence-corrected chi connectivity index (χ4v) is 6.58. The highest BCUT2D eigenvalue weighted by molar-refractivity contribution is 6.42. The summed E-state index contributed by atoms with van der Waals surface area (Å²) in [5.74, 6) is 0.0436. The van der Waals surface area contributed by atoms with E-state index in [1.165, 1.54) is 5.56 Å². The molecule has 0 saturated carbocycles. The fraction of sp³-hybridized carbons (Fsp3) is 0.394. The van der Waals surface area contributed by atoms with E-state index in [1.807, 2.05) is 77.5 Å². The smallest absolute Gasteiger partial charge is 0.249 e. The number of morpholine rings is 1. The molecule has 3 aromatic carbocycles. The molecule has 0 aromatic heterocycles. The van der Waals surface area contributed by atoms with Crippen molar-refractivity contribution in [3.8, 4) is 0 Å². The van der Waals surface area contributed by atoms with Crippen LogP contribution in [0.4, 0.5) is 0 Å². The molecule has 0 radical (unpaired) electrons. The van der Waals surface area contributed by atoms with Crippen LogP contribution in [0.1, 0.15) is 42.9 Å². The third-order valence-electron chi connectivity index (χ3n) is 8.87. The van der Waals surface area contributed by atoms with E-state index in [4.69, 9.17) is 27.9 Å². The van der Waals surface area contributed by atoms with E-state index in [1.54, 1.807) is 13.0 Å². The van der Waals surface area contributed by atoms with Gasteiger partial charge < -0.3 is 19.4 Å². The molecule has 2 saturated heterocycles. The largest absolute Gasteiger partial charge is 0.359 e. The van der Waals surface area contributed by atoms with E-state index < -0.39 is 5.60 Å². The zero-order chi connectivity index (χ0) is 29.0. The van der Waals surface area contributed by atoms with Gasteiger partial charge in [0, 0.05) is 40.2 Å². The SMILES string of the molecule is CC(=O)N(C)C1(c2ccccc2)CCN(CCC2(c3ccc(Cl)c(Cl)c3)CN(Cc3ccccc3)C(=O)CO2)CC1. The van der Waals surface area contributed by atoms with Crippen molar-refractivity contribution in [2.24, 2.45) is 0 Å². The zero-order valence-electron chi connectivity index (χ0n) is 23.7. The van der Waals surface area contributed by atoms with Gasteiger partial charge in [0.2, 0.25) is 11.8 Å². The first kappa shape index (κ1) is 29.6. The number of rotatable bonds is 8. The third kappa shape index (κ3) is 6.31. The summed E-state index contributed by atoms with van der Waals surface area (Å²) in [5.41, 5.74) is 2.13. The van der Waals surface area contributed by atoms with Crippen LogP contribution >= 0.6 is 23.2 Å². The molecule has 0 N–H and O–H groups in total. The monoisotopic (exact) mass is 593 g/mol. The number of ether oxygens (including phenoxy) is 1. The van der Waals surface area contributed by atoms with Gasteiger partial charge in [0.1, 0.15) is 12.2 Å². The first-order valence-electron chi connectivity index (χ1n) is 14.2. The van der Waals surface area contributed by atoms with Crippen LogP contribution in [-0.4, -0.2) is 66.3 Å². The fourth-order valence-electron chi connectivity index (χ4n) is 6.28. The molecule has 0 spiro atoms. The normalized spacial score (nSPS) is 21.1. The predicted molar refractivity (Wildman–Crippen MR) is 163 cm³/mol. The van der Waals surface area contributed by atoms with Gasteiger partial charge in [-0.1, -0.05) is 89.9 Å². The van der Waals surface area contributed by atoms with E-state index in [-0.39, 0.29) is 24.0 Å². The number of carbonyl (C=O) groups excluding carboxylic acids is 2. The quantitative estimate of drug-likeness (QED) is 0.316. The maximum atomic E-state index is 13.0. The van der Waals surface area contributed by atoms with Crippen LogP contribution in [0, 0.1) is 0 Å². The molecule has 41 heavy (non-hydrogen) atoms. The number of likely N-dealkylation sites (tertiary alicyclic amines) is 1. The van der Waals surface area contributed by atoms with Gasteiger partial charge in [0.15, 0.2) is 0 Å². The van der Waals surface area contributed by atoms with Crippen molar-refractivity contribution >= 4 is 35.0 Å². The van der Waals surface area contributed by atoms with Crippen molar-refractivity contribution in [3.63, 3.8) is 0 Å². The Hall–Kier alpha value is -2.90. The Balaban J connectivity index is 1.36. The van der Waals surface area contributed by atoms with E-state index in [2.05, 4.69) is 17.0 Å². The Labute approximate surface area is 252 Å². The molecule has 0 aliphatic carbocycles. The molecule has 2 amide bonds. The number of halogens is 2. The Morgan fingerprint density at radius 2 is 1.59 bits per heavy atom. The maximum absolute atomic E-state index is 13.0. The third-order valence-corrected chi connectivity index (χ3v) is 9.61. The van der Waals surface area contributed by atoms with Gasteiger partial charge in [0.25, 0.3) is 0 Å². The van der Waals surface area contributed by atoms with Gasteiger partial charge in [-0.05, 0) is 48.1 Å². The molecule has 6 nitrogen and oxygen atoms in total. The summed E-state index contributed by atoms with van der Waals surface area (Å²) in [6.07, 6.45) is 2.36. The Morgan fingerprint density at radius 3 is 2.22 bits per heavy atom. The van der Waals surface area contributed by atoms with Crippen molar-refractivity contribution in [2.45, 2.75) is 43.9 Å². The lowest BCUT2D eigenvalue weighted by Gasteiger charge is -2.48. The molecule has 216 valence electrons. The number of benzene rings is 3. The second kappa shape index (κ2) is 12.5. The summed E-state index contributed by atoms with van der Waals surface area (Å²) < 4.78 is 6.43. The highest BCUT2D eigenvalue weighted by Crippen LogP contribution is 2.40. The van der Waals surface area contributed by atoms with Gasteiger partial charge in [-0.3, -0.25) is 9.59 Å². The summed E-state index contributed by atoms with van der Waals surface area (Å²) in [7, 11) is 1.92. The van der Waals surface area contributed by atoms with E-state index in [0.717, 1.165) is 43.6 Å². The molecule has 8 heteroatoms. The molecule has 3 aromatic rings. The van der Waals surface area contributed by atoms with E-state index >= 15 is 0 Å². The van der Waals surface area contributed by atoms with Crippen LogP contribution < -0.4 is 0 Å². The van der Waals surface area contributed by atoms with Crippen LogP contribution in [0.3, 0.4) is 0 Å². The van der Waals surface area contributed by atoms with Crippen LogP contribution in [0.2, 0.25) is 10.0 Å². The number of carbonyl (C=O) groups is 2. The van der Waals surface area contributed by atoms with Crippen molar-refractivity contribution in [1.29, 1.82) is 0 Å². The standard InChI is InChI=1S/C33H37Cl2N3O3/c1-25(39)36(2)32(27-11-7-4-8-12-27)15-18-37(19-16-32)20-17-33(28-13-14-29(34)30(35)21-28)24-38(31(40)23-41-33)22-26-9-5-3-6-10-26/h3-14,21H,15-20,22-24H2,1-2H3. The van der Waals surface area contributed by atoms with Gasteiger partial charge in [-0.15, -0.1) is 0 Å². The first-order valence-corrected chi connectivity index (χ1v) is 14.9. The second-order valence-corrected chi connectivity index (χ2v) is 12.0. The summed E-state index contributed by atoms with van der Waals surface area (Å²) in [6, 6.07) is 26.0. The van der Waals surface area contributed by atoms with Gasteiger partial charge in [-0.25, -0.2) is 0 Å². The van der Waals surface area contributed by atoms with Crippen molar-refractivity contribution in [2.75, 3.05) is 39.8 Å². The molecule has 1 unspecified atom stereocenters. The van der Waals surface area contributed by atoms with Crippen LogP contribution in [-0.2, 0) is 32.0 Å². The molecule has 2 heterocycles. The minimum atomic E-state index is -0.721. The Kier molecular flexibility index (Phi) is 9.05. The molecule has 1 atom stereocenters. The number of piperidine rings is 1. The first-order chi connectivity index (χ1) is 19.7. The Morgan fingerprint density at radius 1 is 0.927 bits per heavy atom. The number of nitrogens with zero attached hydrogens (tertiary/aromatic N) is 3. The summed E-state index contributed by atoms with van der Waals surface area (Å²) in [4.78, 5) is 31.7. The van der Waals surface area contributed by atoms with Gasteiger partial charge >= 0.3 is 0 Å². The molecule has 5 rings (SSSR count). The zero-order valence-corrected chi connectivity index (χ0v) is 25.2.